The van der Waals surface area contributed by atoms with Gasteiger partial charge < -0.3 is 9.52 Å². The Hall–Kier alpha value is -1.46. The van der Waals surface area contributed by atoms with Crippen molar-refractivity contribution in [3.8, 4) is 0 Å². The van der Waals surface area contributed by atoms with Crippen molar-refractivity contribution in [1.29, 1.82) is 0 Å². The number of halogens is 3. The number of rotatable bonds is 2. The monoisotopic (exact) mass is 248 g/mol. The molecule has 1 aliphatic rings. The van der Waals surface area contributed by atoms with Crippen molar-refractivity contribution in [3.05, 3.63) is 23.7 Å². The van der Waals surface area contributed by atoms with Crippen LogP contribution in [0, 0.1) is 11.3 Å². The predicted octanol–water partition coefficient (Wildman–Crippen LogP) is 3.12. The zero-order valence-electron chi connectivity index (χ0n) is 9.21. The second-order valence-corrected chi connectivity index (χ2v) is 4.81. The van der Waals surface area contributed by atoms with E-state index in [4.69, 9.17) is 9.52 Å². The van der Waals surface area contributed by atoms with Gasteiger partial charge in [-0.3, -0.25) is 4.79 Å². The van der Waals surface area contributed by atoms with Crippen LogP contribution < -0.4 is 0 Å². The number of furan rings is 1. The van der Waals surface area contributed by atoms with Crippen molar-refractivity contribution < 1.29 is 27.5 Å². The summed E-state index contributed by atoms with van der Waals surface area (Å²) in [5.74, 6) is -3.18. The number of carboxylic acids is 1. The maximum atomic E-state index is 12.3. The van der Waals surface area contributed by atoms with Crippen molar-refractivity contribution in [1.82, 2.24) is 0 Å². The molecule has 17 heavy (non-hydrogen) atoms. The lowest BCUT2D eigenvalue weighted by Crippen LogP contribution is -2.03. The standard InChI is InChI=1S/C11H11F3O3/c1-10(2)7(8(10)9(15)16)5-3-4-6(17-5)11(12,13)14/h3-4,7-8H,1-2H3,(H,15,16). The SMILES string of the molecule is CC1(C)C(C(=O)O)C1c1ccc(C(F)(F)F)o1. The Morgan fingerprint density at radius 2 is 2.00 bits per heavy atom. The normalized spacial score (nSPS) is 26.9. The molecule has 0 aromatic carbocycles. The number of carboxylic acid groups (broad SMARTS) is 1. The average Bonchev–Trinajstić information content (AvgIpc) is 2.59. The fourth-order valence-electron chi connectivity index (χ4n) is 2.30. The van der Waals surface area contributed by atoms with Crippen molar-refractivity contribution in [2.75, 3.05) is 0 Å². The summed E-state index contributed by atoms with van der Waals surface area (Å²) in [6, 6.07) is 2.04. The quantitative estimate of drug-likeness (QED) is 0.874. The molecule has 1 aromatic rings. The third-order valence-electron chi connectivity index (χ3n) is 3.31. The Morgan fingerprint density at radius 1 is 1.41 bits per heavy atom. The van der Waals surface area contributed by atoms with Crippen LogP contribution in [0.4, 0.5) is 13.2 Å². The van der Waals surface area contributed by atoms with Gasteiger partial charge in [-0.2, -0.15) is 13.2 Å². The molecule has 1 fully saturated rings. The summed E-state index contributed by atoms with van der Waals surface area (Å²) in [4.78, 5) is 10.9. The van der Waals surface area contributed by atoms with Crippen LogP contribution in [0.15, 0.2) is 16.5 Å². The molecule has 0 radical (unpaired) electrons. The van der Waals surface area contributed by atoms with Crippen LogP contribution in [0.5, 0.6) is 0 Å². The van der Waals surface area contributed by atoms with E-state index in [0.717, 1.165) is 6.07 Å². The number of alkyl halides is 3. The molecule has 0 saturated heterocycles. The van der Waals surface area contributed by atoms with Crippen LogP contribution in [0.3, 0.4) is 0 Å². The maximum absolute atomic E-state index is 12.3. The Kier molecular flexibility index (Phi) is 2.31. The molecule has 1 N–H and O–H groups in total. The molecule has 1 aromatic heterocycles. The van der Waals surface area contributed by atoms with Gasteiger partial charge in [0.05, 0.1) is 5.92 Å². The first kappa shape index (κ1) is 12.0. The fraction of sp³-hybridized carbons (Fsp3) is 0.545. The summed E-state index contributed by atoms with van der Waals surface area (Å²) in [5.41, 5.74) is -0.563. The summed E-state index contributed by atoms with van der Waals surface area (Å²) in [6.07, 6.45) is -4.53. The molecule has 0 bridgehead atoms. The molecular weight excluding hydrogens is 237 g/mol. The molecule has 2 unspecified atom stereocenters. The van der Waals surface area contributed by atoms with Crippen molar-refractivity contribution >= 4 is 5.97 Å². The van der Waals surface area contributed by atoms with Crippen LogP contribution in [0.2, 0.25) is 0 Å². The van der Waals surface area contributed by atoms with Crippen molar-refractivity contribution in [3.63, 3.8) is 0 Å². The zero-order valence-corrected chi connectivity index (χ0v) is 9.21. The van der Waals surface area contributed by atoms with E-state index in [9.17, 15) is 18.0 Å². The minimum Gasteiger partial charge on any atom is -0.481 e. The first-order chi connectivity index (χ1) is 7.65. The van der Waals surface area contributed by atoms with E-state index in [2.05, 4.69) is 0 Å². The molecule has 3 nitrogen and oxygen atoms in total. The summed E-state index contributed by atoms with van der Waals surface area (Å²) >= 11 is 0. The molecule has 0 aliphatic heterocycles. The summed E-state index contributed by atoms with van der Waals surface area (Å²) in [6.45, 7) is 3.40. The molecule has 1 aliphatic carbocycles. The highest BCUT2D eigenvalue weighted by molar-refractivity contribution is 5.77. The van der Waals surface area contributed by atoms with Gasteiger partial charge in [0, 0.05) is 5.92 Å². The van der Waals surface area contributed by atoms with Gasteiger partial charge in [0.2, 0.25) is 5.76 Å². The molecule has 2 atom stereocenters. The lowest BCUT2D eigenvalue weighted by Gasteiger charge is -2.01. The van der Waals surface area contributed by atoms with Gasteiger partial charge in [-0.25, -0.2) is 0 Å². The van der Waals surface area contributed by atoms with E-state index in [1.165, 1.54) is 6.07 Å². The van der Waals surface area contributed by atoms with Gasteiger partial charge in [0.25, 0.3) is 0 Å². The smallest absolute Gasteiger partial charge is 0.449 e. The summed E-state index contributed by atoms with van der Waals surface area (Å²) < 4.78 is 41.7. The Balaban J connectivity index is 2.26. The van der Waals surface area contributed by atoms with Crippen LogP contribution in [0.1, 0.15) is 31.3 Å². The van der Waals surface area contributed by atoms with Gasteiger partial charge in [-0.05, 0) is 17.5 Å². The number of hydrogen-bond acceptors (Lipinski definition) is 2. The molecule has 0 spiro atoms. The number of aliphatic carboxylic acids is 1. The van der Waals surface area contributed by atoms with Gasteiger partial charge >= 0.3 is 12.1 Å². The average molecular weight is 248 g/mol. The second kappa shape index (κ2) is 3.27. The van der Waals surface area contributed by atoms with E-state index in [0.29, 0.717) is 0 Å². The lowest BCUT2D eigenvalue weighted by molar-refractivity contribution is -0.153. The van der Waals surface area contributed by atoms with Gasteiger partial charge in [0.15, 0.2) is 0 Å². The minimum absolute atomic E-state index is 0.0923. The highest BCUT2D eigenvalue weighted by Gasteiger charge is 2.64. The molecule has 6 heteroatoms. The fourth-order valence-corrected chi connectivity index (χ4v) is 2.30. The number of carbonyl (C=O) groups is 1. The van der Waals surface area contributed by atoms with Gasteiger partial charge in [-0.1, -0.05) is 13.8 Å². The third kappa shape index (κ3) is 1.81. The molecule has 94 valence electrons. The zero-order chi connectivity index (χ0) is 13.0. The first-order valence-electron chi connectivity index (χ1n) is 5.05. The van der Waals surface area contributed by atoms with Gasteiger partial charge in [0.1, 0.15) is 5.76 Å². The molecule has 1 heterocycles. The van der Waals surface area contributed by atoms with Crippen molar-refractivity contribution in [2.24, 2.45) is 11.3 Å². The number of hydrogen-bond donors (Lipinski definition) is 1. The predicted molar refractivity (Wildman–Crippen MR) is 51.4 cm³/mol. The molecule has 2 rings (SSSR count). The Bertz CT molecular complexity index is 459. The van der Waals surface area contributed by atoms with E-state index in [1.54, 1.807) is 13.8 Å². The molecular formula is C11H11F3O3. The Morgan fingerprint density at radius 3 is 2.35 bits per heavy atom. The van der Waals surface area contributed by atoms with Crippen LogP contribution in [-0.2, 0) is 11.0 Å². The van der Waals surface area contributed by atoms with Crippen LogP contribution in [0.25, 0.3) is 0 Å². The van der Waals surface area contributed by atoms with Crippen LogP contribution >= 0.6 is 0 Å². The van der Waals surface area contributed by atoms with E-state index < -0.39 is 35.2 Å². The van der Waals surface area contributed by atoms with E-state index in [-0.39, 0.29) is 5.76 Å². The Labute approximate surface area is 95.2 Å². The second-order valence-electron chi connectivity index (χ2n) is 4.81. The highest BCUT2D eigenvalue weighted by atomic mass is 19.4. The van der Waals surface area contributed by atoms with E-state index >= 15 is 0 Å². The first-order valence-corrected chi connectivity index (χ1v) is 5.05. The summed E-state index contributed by atoms with van der Waals surface area (Å²) in [5, 5.41) is 8.92. The molecule has 0 amide bonds. The lowest BCUT2D eigenvalue weighted by atomic mass is 10.1. The molecule has 1 saturated carbocycles. The van der Waals surface area contributed by atoms with E-state index in [1.807, 2.05) is 0 Å². The van der Waals surface area contributed by atoms with Crippen LogP contribution in [-0.4, -0.2) is 11.1 Å². The van der Waals surface area contributed by atoms with Gasteiger partial charge in [-0.15, -0.1) is 0 Å². The highest BCUT2D eigenvalue weighted by Crippen LogP contribution is 2.64. The van der Waals surface area contributed by atoms with Crippen molar-refractivity contribution in [2.45, 2.75) is 25.9 Å². The largest absolute Gasteiger partial charge is 0.481 e. The minimum atomic E-state index is -4.53. The topological polar surface area (TPSA) is 50.4 Å². The summed E-state index contributed by atoms with van der Waals surface area (Å²) in [7, 11) is 0. The third-order valence-corrected chi connectivity index (χ3v) is 3.31. The maximum Gasteiger partial charge on any atom is 0.449 e.